The minimum absolute atomic E-state index is 0.155. The highest BCUT2D eigenvalue weighted by atomic mass is 19.1. The second-order valence-corrected chi connectivity index (χ2v) is 7.19. The molecule has 0 unspecified atom stereocenters. The number of halogens is 1. The van der Waals surface area contributed by atoms with Crippen LogP contribution in [0.15, 0.2) is 33.9 Å². The van der Waals surface area contributed by atoms with Crippen molar-refractivity contribution in [3.63, 3.8) is 0 Å². The van der Waals surface area contributed by atoms with Crippen LogP contribution < -0.4 is 27.4 Å². The molecule has 3 heterocycles. The lowest BCUT2D eigenvalue weighted by Crippen LogP contribution is -2.45. The molecule has 152 valence electrons. The van der Waals surface area contributed by atoms with Gasteiger partial charge in [-0.05, 0) is 30.2 Å². The summed E-state index contributed by atoms with van der Waals surface area (Å²) in [4.78, 5) is 43.8. The minimum atomic E-state index is -0.664. The number of carbonyl (C=O) groups is 1. The summed E-state index contributed by atoms with van der Waals surface area (Å²) >= 11 is 0. The van der Waals surface area contributed by atoms with Gasteiger partial charge in [0.15, 0.2) is 11.2 Å². The summed E-state index contributed by atoms with van der Waals surface area (Å²) in [6.45, 7) is 2.66. The van der Waals surface area contributed by atoms with E-state index >= 15 is 0 Å². The number of nitrogens with zero attached hydrogens (tertiary/aromatic N) is 5. The van der Waals surface area contributed by atoms with Gasteiger partial charge in [0, 0.05) is 25.8 Å². The van der Waals surface area contributed by atoms with E-state index in [2.05, 4.69) is 4.98 Å². The quantitative estimate of drug-likeness (QED) is 0.357. The molecule has 0 saturated heterocycles. The summed E-state index contributed by atoms with van der Waals surface area (Å²) < 4.78 is 17.2. The highest BCUT2D eigenvalue weighted by molar-refractivity contribution is 5.78. The van der Waals surface area contributed by atoms with E-state index in [1.54, 1.807) is 16.7 Å². The summed E-state index contributed by atoms with van der Waals surface area (Å²) in [5.74, 6) is 4.72. The smallest absolute Gasteiger partial charge is 0.312 e. The van der Waals surface area contributed by atoms with E-state index in [0.717, 1.165) is 10.3 Å². The molecule has 4 rings (SSSR count). The number of amides is 1. The maximum Gasteiger partial charge on any atom is 0.332 e. The largest absolute Gasteiger partial charge is 0.332 e. The van der Waals surface area contributed by atoms with Crippen molar-refractivity contribution >= 4 is 28.7 Å². The SMILES string of the molecule is C[C@@H]1CN(c2ccc(F)cc2)c2nc3c(c(=O)n(CC(=O)NN)c(=O)n3C)n2C1. The number of nitrogens with one attached hydrogen (secondary N) is 1. The summed E-state index contributed by atoms with van der Waals surface area (Å²) in [6, 6.07) is 5.99. The van der Waals surface area contributed by atoms with Crippen molar-refractivity contribution in [1.29, 1.82) is 0 Å². The standard InChI is InChI=1S/C18H20FN7O3/c1-10-7-24(12-5-3-11(19)4-6-12)17-21-15-14(25(17)8-10)16(28)26(9-13(27)22-20)18(29)23(15)2/h3-6,10H,7-9,20H2,1-2H3,(H,22,27)/t10-/m1/s1. The van der Waals surface area contributed by atoms with Crippen LogP contribution in [0.3, 0.4) is 0 Å². The fourth-order valence-electron chi connectivity index (χ4n) is 3.67. The highest BCUT2D eigenvalue weighted by Gasteiger charge is 2.30. The molecule has 2 aromatic heterocycles. The van der Waals surface area contributed by atoms with E-state index in [-0.39, 0.29) is 22.9 Å². The third-order valence-corrected chi connectivity index (χ3v) is 5.04. The number of anilines is 2. The third kappa shape index (κ3) is 2.99. The van der Waals surface area contributed by atoms with Crippen molar-refractivity contribution in [3.8, 4) is 0 Å². The molecule has 3 aromatic rings. The lowest BCUT2D eigenvalue weighted by atomic mass is 10.1. The lowest BCUT2D eigenvalue weighted by Gasteiger charge is -2.32. The van der Waals surface area contributed by atoms with E-state index in [0.29, 0.717) is 19.0 Å². The number of hydrogen-bond donors (Lipinski definition) is 2. The molecular formula is C18H20FN7O3. The van der Waals surface area contributed by atoms with Gasteiger partial charge in [-0.15, -0.1) is 0 Å². The lowest BCUT2D eigenvalue weighted by molar-refractivity contribution is -0.121. The average Bonchev–Trinajstić information content (AvgIpc) is 3.09. The van der Waals surface area contributed by atoms with Gasteiger partial charge in [-0.25, -0.2) is 19.6 Å². The fourth-order valence-corrected chi connectivity index (χ4v) is 3.67. The van der Waals surface area contributed by atoms with E-state index in [1.165, 1.54) is 23.7 Å². The zero-order chi connectivity index (χ0) is 20.9. The van der Waals surface area contributed by atoms with E-state index in [9.17, 15) is 18.8 Å². The van der Waals surface area contributed by atoms with Crippen LogP contribution in [0.5, 0.6) is 0 Å². The molecule has 0 bridgehead atoms. The number of nitrogens with two attached hydrogens (primary N) is 1. The molecule has 29 heavy (non-hydrogen) atoms. The maximum atomic E-state index is 13.4. The zero-order valence-electron chi connectivity index (χ0n) is 15.9. The number of aromatic nitrogens is 4. The number of rotatable bonds is 3. The van der Waals surface area contributed by atoms with Crippen molar-refractivity contribution in [2.45, 2.75) is 20.0 Å². The summed E-state index contributed by atoms with van der Waals surface area (Å²) in [6.07, 6.45) is 0. The molecule has 3 N–H and O–H groups in total. The molecule has 1 amide bonds. The monoisotopic (exact) mass is 401 g/mol. The van der Waals surface area contributed by atoms with Gasteiger partial charge in [0.25, 0.3) is 11.5 Å². The van der Waals surface area contributed by atoms with Crippen LogP contribution in [0.2, 0.25) is 0 Å². The van der Waals surface area contributed by atoms with Gasteiger partial charge in [-0.1, -0.05) is 6.92 Å². The Morgan fingerprint density at radius 3 is 2.62 bits per heavy atom. The van der Waals surface area contributed by atoms with Crippen molar-refractivity contribution in [2.75, 3.05) is 11.4 Å². The number of benzene rings is 1. The van der Waals surface area contributed by atoms with Gasteiger partial charge < -0.3 is 9.47 Å². The normalized spacial score (nSPS) is 16.1. The predicted molar refractivity (Wildman–Crippen MR) is 104 cm³/mol. The van der Waals surface area contributed by atoms with E-state index < -0.39 is 23.7 Å². The Kier molecular flexibility index (Phi) is 4.46. The Morgan fingerprint density at radius 1 is 1.28 bits per heavy atom. The van der Waals surface area contributed by atoms with Gasteiger partial charge in [0.05, 0.1) is 0 Å². The van der Waals surface area contributed by atoms with Crippen LogP contribution in [0, 0.1) is 11.7 Å². The Balaban J connectivity index is 1.97. The number of aryl methyl sites for hydroxylation is 1. The number of carbonyl (C=O) groups excluding carboxylic acids is 1. The number of hydrogen-bond acceptors (Lipinski definition) is 6. The van der Waals surface area contributed by atoms with Crippen LogP contribution in [0.1, 0.15) is 6.92 Å². The summed E-state index contributed by atoms with van der Waals surface area (Å²) in [7, 11) is 1.49. The predicted octanol–water partition coefficient (Wildman–Crippen LogP) is -0.186. The number of hydrazine groups is 1. The molecule has 10 nitrogen and oxygen atoms in total. The topological polar surface area (TPSA) is 120 Å². The molecule has 0 aliphatic carbocycles. The molecule has 11 heteroatoms. The second kappa shape index (κ2) is 6.85. The Labute approximate surface area is 163 Å². The Hall–Kier alpha value is -3.47. The molecule has 1 atom stereocenters. The highest BCUT2D eigenvalue weighted by Crippen LogP contribution is 2.32. The fraction of sp³-hybridized carbons (Fsp3) is 0.333. The van der Waals surface area contributed by atoms with Crippen molar-refractivity contribution in [2.24, 2.45) is 18.8 Å². The summed E-state index contributed by atoms with van der Waals surface area (Å²) in [5.41, 5.74) is 1.82. The van der Waals surface area contributed by atoms with E-state index in [4.69, 9.17) is 5.84 Å². The van der Waals surface area contributed by atoms with Crippen LogP contribution in [0.4, 0.5) is 16.0 Å². The van der Waals surface area contributed by atoms with Crippen LogP contribution in [0.25, 0.3) is 11.2 Å². The molecule has 1 aromatic carbocycles. The molecule has 0 fully saturated rings. The molecular weight excluding hydrogens is 381 g/mol. The van der Waals surface area contributed by atoms with Gasteiger partial charge in [-0.3, -0.25) is 19.6 Å². The van der Waals surface area contributed by atoms with E-state index in [1.807, 2.05) is 17.2 Å². The van der Waals surface area contributed by atoms with Crippen LogP contribution in [-0.4, -0.2) is 31.1 Å². The molecule has 1 aliphatic heterocycles. The first-order valence-corrected chi connectivity index (χ1v) is 9.04. The molecule has 0 radical (unpaired) electrons. The van der Waals surface area contributed by atoms with Crippen LogP contribution in [-0.2, 0) is 24.9 Å². The second-order valence-electron chi connectivity index (χ2n) is 7.19. The Bertz CT molecular complexity index is 1230. The van der Waals surface area contributed by atoms with Gasteiger partial charge >= 0.3 is 5.69 Å². The molecule has 1 aliphatic rings. The van der Waals surface area contributed by atoms with Crippen LogP contribution >= 0.6 is 0 Å². The van der Waals surface area contributed by atoms with Gasteiger partial charge in [0.1, 0.15) is 12.4 Å². The van der Waals surface area contributed by atoms with Crippen molar-refractivity contribution in [3.05, 3.63) is 50.9 Å². The number of fused-ring (bicyclic) bond motifs is 3. The maximum absolute atomic E-state index is 13.4. The Morgan fingerprint density at radius 2 is 1.97 bits per heavy atom. The van der Waals surface area contributed by atoms with Crippen molar-refractivity contribution in [1.82, 2.24) is 24.1 Å². The zero-order valence-corrected chi connectivity index (χ0v) is 15.9. The van der Waals surface area contributed by atoms with Crippen molar-refractivity contribution < 1.29 is 9.18 Å². The minimum Gasteiger partial charge on any atom is -0.312 e. The van der Waals surface area contributed by atoms with Gasteiger partial charge in [0.2, 0.25) is 5.95 Å². The first-order chi connectivity index (χ1) is 13.8. The first-order valence-electron chi connectivity index (χ1n) is 9.04. The third-order valence-electron chi connectivity index (χ3n) is 5.04. The van der Waals surface area contributed by atoms with Gasteiger partial charge in [-0.2, -0.15) is 4.98 Å². The first kappa shape index (κ1) is 18.9. The average molecular weight is 401 g/mol. The molecule has 0 spiro atoms. The number of imidazole rings is 1. The molecule has 0 saturated carbocycles. The summed E-state index contributed by atoms with van der Waals surface area (Å²) in [5, 5.41) is 0.